The first-order chi connectivity index (χ1) is 26.0. The van der Waals surface area contributed by atoms with E-state index in [0.29, 0.717) is 16.6 Å². The number of carbonyl (C=O) groups excluding carboxylic acids is 1. The van der Waals surface area contributed by atoms with Crippen LogP contribution in [0, 0.1) is 5.95 Å². The Morgan fingerprint density at radius 3 is 2.40 bits per heavy atom. The van der Waals surface area contributed by atoms with Crippen LogP contribution in [0.1, 0.15) is 46.6 Å². The molecule has 15 nitrogen and oxygen atoms in total. The summed E-state index contributed by atoms with van der Waals surface area (Å²) >= 11 is 0. The van der Waals surface area contributed by atoms with Crippen LogP contribution < -0.4 is 11.0 Å². The summed E-state index contributed by atoms with van der Waals surface area (Å²) in [7, 11) is -1.43. The molecule has 290 valence electrons. The molecule has 0 spiro atoms. The predicted octanol–water partition coefficient (Wildman–Crippen LogP) is 4.83. The van der Waals surface area contributed by atoms with Crippen molar-refractivity contribution in [2.45, 2.75) is 75.3 Å². The van der Waals surface area contributed by atoms with Crippen molar-refractivity contribution in [2.24, 2.45) is 14.1 Å². The third kappa shape index (κ3) is 6.76. The van der Waals surface area contributed by atoms with Crippen molar-refractivity contribution >= 4 is 38.2 Å². The molecule has 1 unspecified atom stereocenters. The fourth-order valence-corrected chi connectivity index (χ4v) is 8.88. The zero-order chi connectivity index (χ0) is 39.6. The Morgan fingerprint density at radius 1 is 1.09 bits per heavy atom. The van der Waals surface area contributed by atoms with E-state index >= 15 is 4.39 Å². The Labute approximate surface area is 315 Å². The van der Waals surface area contributed by atoms with Crippen LogP contribution in [0.5, 0.6) is 5.75 Å². The number of hydrogen-bond acceptors (Lipinski definition) is 10. The number of nitrogens with zero attached hydrogens (tertiary/aromatic N) is 6. The van der Waals surface area contributed by atoms with Crippen molar-refractivity contribution in [3.8, 4) is 28.1 Å². The van der Waals surface area contributed by atoms with E-state index in [2.05, 4.69) is 15.4 Å². The first kappa shape index (κ1) is 37.8. The van der Waals surface area contributed by atoms with E-state index in [1.165, 1.54) is 53.0 Å². The van der Waals surface area contributed by atoms with Gasteiger partial charge in [0.05, 0.1) is 63.6 Å². The summed E-state index contributed by atoms with van der Waals surface area (Å²) in [5.41, 5.74) is -0.269. The van der Waals surface area contributed by atoms with Gasteiger partial charge in [0.25, 0.3) is 10.0 Å². The number of aryl methyl sites for hydroxylation is 2. The maximum Gasteiger partial charge on any atom is 0.407 e. The van der Waals surface area contributed by atoms with E-state index < -0.39 is 57.6 Å². The minimum Gasteiger partial charge on any atom is -0.508 e. The van der Waals surface area contributed by atoms with Crippen molar-refractivity contribution in [3.63, 3.8) is 0 Å². The van der Waals surface area contributed by atoms with E-state index in [1.54, 1.807) is 69.6 Å². The van der Waals surface area contributed by atoms with Gasteiger partial charge in [-0.25, -0.2) is 27.0 Å². The second-order valence-corrected chi connectivity index (χ2v) is 16.6. The second kappa shape index (κ2) is 14.0. The van der Waals surface area contributed by atoms with Crippen LogP contribution in [0.15, 0.2) is 76.7 Å². The number of benzene rings is 2. The molecule has 17 heteroatoms. The summed E-state index contributed by atoms with van der Waals surface area (Å²) in [6.07, 6.45) is 1.27. The number of halogens is 1. The van der Waals surface area contributed by atoms with Crippen molar-refractivity contribution in [1.82, 2.24) is 33.2 Å². The number of nitrogens with one attached hydrogen (secondary N) is 1. The van der Waals surface area contributed by atoms with E-state index in [1.807, 2.05) is 0 Å². The maximum absolute atomic E-state index is 16.0. The molecule has 3 N–H and O–H groups in total. The number of phenols is 1. The Hall–Kier alpha value is -5.52. The molecule has 0 bridgehead atoms. The molecular formula is C38H42FN7O8S. The average Bonchev–Trinajstić information content (AvgIpc) is 3.85. The number of aromatic nitrogens is 6. The van der Waals surface area contributed by atoms with E-state index in [0.717, 1.165) is 3.97 Å². The first-order valence-corrected chi connectivity index (χ1v) is 19.1. The largest absolute Gasteiger partial charge is 0.508 e. The molecule has 1 amide bonds. The fraction of sp³-hybridized carbons (Fsp3) is 0.368. The maximum atomic E-state index is 16.0. The highest BCUT2D eigenvalue weighted by Gasteiger charge is 2.41. The number of ether oxygens (including phenoxy) is 2. The Morgan fingerprint density at radius 2 is 1.78 bits per heavy atom. The normalized spacial score (nSPS) is 18.3. The minimum atomic E-state index is -4.51. The average molecular weight is 776 g/mol. The second-order valence-electron chi connectivity index (χ2n) is 14.8. The van der Waals surface area contributed by atoms with Crippen molar-refractivity contribution < 1.29 is 37.3 Å². The number of aliphatic hydroxyl groups is 1. The van der Waals surface area contributed by atoms with E-state index in [-0.39, 0.29) is 57.9 Å². The summed E-state index contributed by atoms with van der Waals surface area (Å²) in [4.78, 5) is 32.0. The molecule has 1 fully saturated rings. The molecular weight excluding hydrogens is 734 g/mol. The lowest BCUT2D eigenvalue weighted by Crippen LogP contribution is -2.44. The zero-order valence-electron chi connectivity index (χ0n) is 31.1. The molecule has 1 aliphatic rings. The topological polar surface area (TPSA) is 185 Å². The minimum absolute atomic E-state index is 0.0592. The van der Waals surface area contributed by atoms with Gasteiger partial charge in [-0.05, 0) is 70.4 Å². The Kier molecular flexibility index (Phi) is 9.59. The Bertz CT molecular complexity index is 2590. The summed E-state index contributed by atoms with van der Waals surface area (Å²) in [6.45, 7) is 6.62. The third-order valence-electron chi connectivity index (χ3n) is 9.68. The lowest BCUT2D eigenvalue weighted by molar-refractivity contribution is -0.0388. The van der Waals surface area contributed by atoms with Gasteiger partial charge in [-0.2, -0.15) is 4.39 Å². The molecule has 1 saturated carbocycles. The van der Waals surface area contributed by atoms with Crippen LogP contribution in [-0.4, -0.2) is 83.1 Å². The van der Waals surface area contributed by atoms with Crippen LogP contribution in [0.25, 0.3) is 44.5 Å². The third-order valence-corrected chi connectivity index (χ3v) is 11.4. The van der Waals surface area contributed by atoms with Gasteiger partial charge in [0, 0.05) is 31.9 Å². The number of carbonyl (C=O) groups is 1. The summed E-state index contributed by atoms with van der Waals surface area (Å²) in [5, 5.41) is 27.2. The van der Waals surface area contributed by atoms with Gasteiger partial charge < -0.3 is 25.0 Å². The number of pyridine rings is 1. The lowest BCUT2D eigenvalue weighted by Gasteiger charge is -2.26. The van der Waals surface area contributed by atoms with Gasteiger partial charge in [-0.3, -0.25) is 13.8 Å². The lowest BCUT2D eigenvalue weighted by atomic mass is 9.99. The number of alkyl carbamates (subject to hydrolysis) is 1. The molecule has 0 radical (unpaired) electrons. The molecule has 55 heavy (non-hydrogen) atoms. The van der Waals surface area contributed by atoms with E-state index in [9.17, 15) is 28.2 Å². The number of imidazole rings is 1. The quantitative estimate of drug-likeness (QED) is 0.184. The highest BCUT2D eigenvalue weighted by atomic mass is 32.2. The fourth-order valence-electron chi connectivity index (χ4n) is 7.37. The Balaban J connectivity index is 1.56. The molecule has 4 aromatic heterocycles. The highest BCUT2D eigenvalue weighted by Crippen LogP contribution is 2.46. The standard InChI is InChI=1S/C38H42FN7O8S/c1-21(20-47)53-29-17-23(16-27(29)41-36(49)54-38(2,3)4)45-33-28(44(6)37(45)50)18-40-35-31(33)30(22-12-14-24(48)15-13-22)32(26-19-43(5)42-34(26)39)46(35)55(51,52)25-10-8-7-9-11-25/h7-15,18-19,21,23,27,29,47-48H,16-17,20H2,1-6H3,(H,41,49)/t21?,23-,27-,29+/m0/s1. The molecule has 0 aliphatic heterocycles. The monoisotopic (exact) mass is 775 g/mol. The predicted molar refractivity (Wildman–Crippen MR) is 202 cm³/mol. The van der Waals surface area contributed by atoms with Gasteiger partial charge in [-0.1, -0.05) is 30.3 Å². The number of phenolic OH excluding ortho intramolecular Hbond substituents is 1. The van der Waals surface area contributed by atoms with Crippen molar-refractivity contribution in [2.75, 3.05) is 6.61 Å². The summed E-state index contributed by atoms with van der Waals surface area (Å²) in [5.74, 6) is -1.00. The molecule has 4 heterocycles. The number of amides is 1. The van der Waals surface area contributed by atoms with Crippen LogP contribution >= 0.6 is 0 Å². The molecule has 7 rings (SSSR count). The van der Waals surface area contributed by atoms with Gasteiger partial charge in [-0.15, -0.1) is 5.10 Å². The number of aliphatic hydroxyl groups excluding tert-OH is 1. The SMILES string of the molecule is CC(CO)O[C@@H]1C[C@@H](n2c(=O)n(C)c3cnc4c(c(-c5ccc(O)cc5)c(-c5cn(C)nc5F)n4S(=O)(=O)c4ccccc4)c32)C[C@@H]1NC(=O)OC(C)(C)C. The number of rotatable bonds is 9. The molecule has 2 aromatic carbocycles. The van der Waals surface area contributed by atoms with E-state index in [4.69, 9.17) is 9.47 Å². The van der Waals surface area contributed by atoms with Gasteiger partial charge in [0.15, 0.2) is 5.65 Å². The number of aromatic hydroxyl groups is 1. The van der Waals surface area contributed by atoms with Crippen molar-refractivity contribution in [1.29, 1.82) is 0 Å². The number of hydrogen-bond donors (Lipinski definition) is 3. The molecule has 6 aromatic rings. The van der Waals surface area contributed by atoms with Crippen LogP contribution in [0.4, 0.5) is 9.18 Å². The summed E-state index contributed by atoms with van der Waals surface area (Å²) in [6, 6.07) is 12.4. The zero-order valence-corrected chi connectivity index (χ0v) is 31.9. The molecule has 0 saturated heterocycles. The van der Waals surface area contributed by atoms with Gasteiger partial charge in [0.2, 0.25) is 5.95 Å². The van der Waals surface area contributed by atoms with Crippen LogP contribution in [0.3, 0.4) is 0 Å². The molecule has 4 atom stereocenters. The number of fused-ring (bicyclic) bond motifs is 3. The summed E-state index contributed by atoms with van der Waals surface area (Å²) < 4.78 is 62.4. The molecule has 1 aliphatic carbocycles. The highest BCUT2D eigenvalue weighted by molar-refractivity contribution is 7.90. The first-order valence-electron chi connectivity index (χ1n) is 17.7. The smallest absolute Gasteiger partial charge is 0.407 e. The van der Waals surface area contributed by atoms with Gasteiger partial charge in [0.1, 0.15) is 11.4 Å². The van der Waals surface area contributed by atoms with Crippen LogP contribution in [0.2, 0.25) is 0 Å². The van der Waals surface area contributed by atoms with Crippen molar-refractivity contribution in [3.05, 3.63) is 83.4 Å². The van der Waals surface area contributed by atoms with Gasteiger partial charge >= 0.3 is 11.8 Å². The van der Waals surface area contributed by atoms with Crippen LogP contribution in [-0.2, 0) is 33.6 Å².